The van der Waals surface area contributed by atoms with Gasteiger partial charge in [0.1, 0.15) is 0 Å². The van der Waals surface area contributed by atoms with Gasteiger partial charge in [0.15, 0.2) is 0 Å². The molecule has 0 bridgehead atoms. The molecule has 2 aromatic rings. The third-order valence-electron chi connectivity index (χ3n) is 4.00. The Morgan fingerprint density at radius 3 is 2.20 bits per heavy atom. The number of unbranched alkanes of at least 4 members (excludes halogenated alkanes) is 7. The second-order valence-electron chi connectivity index (χ2n) is 5.63. The van der Waals surface area contributed by atoms with Gasteiger partial charge in [-0.15, -0.1) is 0 Å². The Kier molecular flexibility index (Phi) is 7.21. The van der Waals surface area contributed by atoms with Crippen LogP contribution in [0.25, 0.3) is 10.9 Å². The van der Waals surface area contributed by atoms with Gasteiger partial charge in [-0.1, -0.05) is 72.7 Å². The number of aryl methyl sites for hydroxylation is 1. The number of alkyl halides is 1. The minimum absolute atomic E-state index is 1.16. The minimum atomic E-state index is 1.16. The number of rotatable bonds is 10. The maximum atomic E-state index is 3.49. The van der Waals surface area contributed by atoms with Crippen molar-refractivity contribution in [2.75, 3.05) is 5.33 Å². The summed E-state index contributed by atoms with van der Waals surface area (Å²) < 4.78 is 0. The average Bonchev–Trinajstić information content (AvgIpc) is 2.89. The van der Waals surface area contributed by atoms with Crippen LogP contribution in [0, 0.1) is 0 Å². The van der Waals surface area contributed by atoms with Crippen molar-refractivity contribution in [3.05, 3.63) is 36.0 Å². The predicted molar refractivity (Wildman–Crippen MR) is 92.7 cm³/mol. The van der Waals surface area contributed by atoms with Crippen LogP contribution in [0.3, 0.4) is 0 Å². The van der Waals surface area contributed by atoms with Crippen molar-refractivity contribution in [2.45, 2.75) is 57.8 Å². The highest BCUT2D eigenvalue weighted by molar-refractivity contribution is 9.09. The molecule has 110 valence electrons. The summed E-state index contributed by atoms with van der Waals surface area (Å²) in [7, 11) is 0. The Bertz CT molecular complexity index is 489. The molecular formula is C18H26BrN. The zero-order valence-electron chi connectivity index (χ0n) is 12.3. The van der Waals surface area contributed by atoms with E-state index in [1.165, 1.54) is 74.3 Å². The van der Waals surface area contributed by atoms with Crippen molar-refractivity contribution < 1.29 is 0 Å². The molecule has 0 aliphatic heterocycles. The molecule has 0 spiro atoms. The number of fused-ring (bicyclic) bond motifs is 1. The molecule has 1 heterocycles. The second-order valence-corrected chi connectivity index (χ2v) is 6.42. The van der Waals surface area contributed by atoms with E-state index >= 15 is 0 Å². The molecule has 1 nitrogen and oxygen atoms in total. The first kappa shape index (κ1) is 15.6. The molecule has 0 aliphatic carbocycles. The first-order chi connectivity index (χ1) is 9.92. The van der Waals surface area contributed by atoms with Gasteiger partial charge >= 0.3 is 0 Å². The van der Waals surface area contributed by atoms with E-state index in [-0.39, 0.29) is 0 Å². The van der Waals surface area contributed by atoms with Gasteiger partial charge in [-0.3, -0.25) is 0 Å². The molecule has 1 aromatic heterocycles. The smallest absolute Gasteiger partial charge is 0.0456 e. The molecule has 0 amide bonds. The van der Waals surface area contributed by atoms with Gasteiger partial charge in [0.2, 0.25) is 0 Å². The first-order valence-electron chi connectivity index (χ1n) is 8.03. The molecule has 0 atom stereocenters. The predicted octanol–water partition coefficient (Wildman–Crippen LogP) is 6.23. The monoisotopic (exact) mass is 335 g/mol. The molecule has 0 saturated carbocycles. The number of aromatic amines is 1. The molecule has 1 N–H and O–H groups in total. The lowest BCUT2D eigenvalue weighted by Gasteiger charge is -2.02. The van der Waals surface area contributed by atoms with E-state index in [0.717, 1.165) is 5.33 Å². The molecule has 1 aromatic carbocycles. The van der Waals surface area contributed by atoms with Gasteiger partial charge in [-0.2, -0.15) is 0 Å². The lowest BCUT2D eigenvalue weighted by molar-refractivity contribution is 0.577. The van der Waals surface area contributed by atoms with E-state index in [0.29, 0.717) is 0 Å². The highest BCUT2D eigenvalue weighted by Crippen LogP contribution is 2.20. The van der Waals surface area contributed by atoms with Crippen molar-refractivity contribution in [1.29, 1.82) is 0 Å². The van der Waals surface area contributed by atoms with Crippen molar-refractivity contribution in [3.63, 3.8) is 0 Å². The van der Waals surface area contributed by atoms with Gasteiger partial charge in [0.05, 0.1) is 0 Å². The zero-order chi connectivity index (χ0) is 14.0. The number of para-hydroxylation sites is 1. The second kappa shape index (κ2) is 9.23. The van der Waals surface area contributed by atoms with Crippen LogP contribution in [0.5, 0.6) is 0 Å². The number of halogens is 1. The van der Waals surface area contributed by atoms with Crippen molar-refractivity contribution in [2.24, 2.45) is 0 Å². The van der Waals surface area contributed by atoms with Crippen LogP contribution in [-0.2, 0) is 6.42 Å². The summed E-state index contributed by atoms with van der Waals surface area (Å²) in [5.41, 5.74) is 2.76. The zero-order valence-corrected chi connectivity index (χ0v) is 13.9. The summed E-state index contributed by atoms with van der Waals surface area (Å²) in [5, 5.41) is 2.57. The fourth-order valence-corrected chi connectivity index (χ4v) is 3.21. The molecule has 2 rings (SSSR count). The van der Waals surface area contributed by atoms with E-state index in [2.05, 4.69) is 51.4 Å². The minimum Gasteiger partial charge on any atom is -0.361 e. The molecule has 0 unspecified atom stereocenters. The molecule has 0 saturated heterocycles. The maximum absolute atomic E-state index is 3.49. The van der Waals surface area contributed by atoms with Crippen LogP contribution in [0.1, 0.15) is 56.9 Å². The van der Waals surface area contributed by atoms with Crippen LogP contribution in [0.4, 0.5) is 0 Å². The average molecular weight is 336 g/mol. The Balaban J connectivity index is 1.57. The highest BCUT2D eigenvalue weighted by atomic mass is 79.9. The summed E-state index contributed by atoms with van der Waals surface area (Å²) in [6.07, 6.45) is 14.5. The number of hydrogen-bond acceptors (Lipinski definition) is 0. The number of aromatic nitrogens is 1. The van der Waals surface area contributed by atoms with Crippen molar-refractivity contribution >= 4 is 26.8 Å². The van der Waals surface area contributed by atoms with Crippen molar-refractivity contribution in [3.8, 4) is 0 Å². The van der Waals surface area contributed by atoms with E-state index in [1.807, 2.05) is 0 Å². The van der Waals surface area contributed by atoms with Crippen LogP contribution in [-0.4, -0.2) is 10.3 Å². The summed E-state index contributed by atoms with van der Waals surface area (Å²) in [4.78, 5) is 3.37. The van der Waals surface area contributed by atoms with E-state index < -0.39 is 0 Å². The Labute approximate surface area is 131 Å². The summed E-state index contributed by atoms with van der Waals surface area (Å²) in [6, 6.07) is 8.61. The standard InChI is InChI=1S/C18H26BrN/c19-14-10-6-4-2-1-3-5-7-11-16-15-20-18-13-9-8-12-17(16)18/h8-9,12-13,15,20H,1-7,10-11,14H2. The van der Waals surface area contributed by atoms with E-state index in [1.54, 1.807) is 0 Å². The quantitative estimate of drug-likeness (QED) is 0.391. The summed E-state index contributed by atoms with van der Waals surface area (Å²) in [6.45, 7) is 0. The lowest BCUT2D eigenvalue weighted by atomic mass is 10.0. The maximum Gasteiger partial charge on any atom is 0.0456 e. The first-order valence-corrected chi connectivity index (χ1v) is 9.15. The van der Waals surface area contributed by atoms with Crippen LogP contribution in [0.2, 0.25) is 0 Å². The van der Waals surface area contributed by atoms with Gasteiger partial charge in [-0.05, 0) is 30.9 Å². The SMILES string of the molecule is BrCCCCCCCCCCc1c[nH]c2ccccc12. The fourth-order valence-electron chi connectivity index (χ4n) is 2.81. The Morgan fingerprint density at radius 2 is 1.45 bits per heavy atom. The van der Waals surface area contributed by atoms with E-state index in [4.69, 9.17) is 0 Å². The number of hydrogen-bond donors (Lipinski definition) is 1. The van der Waals surface area contributed by atoms with Gasteiger partial charge in [0, 0.05) is 22.4 Å². The molecule has 0 fully saturated rings. The Morgan fingerprint density at radius 1 is 0.800 bits per heavy atom. The normalized spacial score (nSPS) is 11.2. The number of H-pyrrole nitrogens is 1. The highest BCUT2D eigenvalue weighted by Gasteiger charge is 2.02. The molecular weight excluding hydrogens is 310 g/mol. The van der Waals surface area contributed by atoms with Crippen molar-refractivity contribution in [1.82, 2.24) is 4.98 Å². The third kappa shape index (κ3) is 4.97. The van der Waals surface area contributed by atoms with Crippen LogP contribution in [0.15, 0.2) is 30.5 Å². The largest absolute Gasteiger partial charge is 0.361 e. The van der Waals surface area contributed by atoms with Crippen LogP contribution >= 0.6 is 15.9 Å². The number of nitrogens with one attached hydrogen (secondary N) is 1. The van der Waals surface area contributed by atoms with Gasteiger partial charge in [-0.25, -0.2) is 0 Å². The topological polar surface area (TPSA) is 15.8 Å². The molecule has 20 heavy (non-hydrogen) atoms. The van der Waals surface area contributed by atoms with Gasteiger partial charge in [0.25, 0.3) is 0 Å². The lowest BCUT2D eigenvalue weighted by Crippen LogP contribution is -1.85. The molecule has 0 aliphatic rings. The fraction of sp³-hybridized carbons (Fsp3) is 0.556. The third-order valence-corrected chi connectivity index (χ3v) is 4.57. The Hall–Kier alpha value is -0.760. The number of benzene rings is 1. The summed E-state index contributed by atoms with van der Waals surface area (Å²) in [5.74, 6) is 0. The van der Waals surface area contributed by atoms with Gasteiger partial charge < -0.3 is 4.98 Å². The summed E-state index contributed by atoms with van der Waals surface area (Å²) >= 11 is 3.49. The van der Waals surface area contributed by atoms with Crippen LogP contribution < -0.4 is 0 Å². The molecule has 0 radical (unpaired) electrons. The molecule has 2 heteroatoms. The van der Waals surface area contributed by atoms with E-state index in [9.17, 15) is 0 Å².